The number of rotatable bonds is 4. The van der Waals surface area contributed by atoms with Crippen molar-refractivity contribution in [2.24, 2.45) is 5.92 Å². The van der Waals surface area contributed by atoms with Crippen molar-refractivity contribution in [2.75, 3.05) is 24.5 Å². The Labute approximate surface area is 157 Å². The van der Waals surface area contributed by atoms with Crippen LogP contribution in [0.5, 0.6) is 0 Å². The Hall–Kier alpha value is -3.11. The smallest absolute Gasteiger partial charge is 0.356 e. The van der Waals surface area contributed by atoms with Crippen LogP contribution in [0.1, 0.15) is 29.1 Å². The number of carbonyl (C=O) groups is 1. The fourth-order valence-electron chi connectivity index (χ4n) is 3.30. The van der Waals surface area contributed by atoms with Crippen molar-refractivity contribution in [2.45, 2.75) is 19.0 Å². The van der Waals surface area contributed by atoms with E-state index in [1.807, 2.05) is 12.3 Å². The Balaban J connectivity index is 1.31. The topological polar surface area (TPSA) is 99.9 Å². The molecule has 0 aromatic carbocycles. The van der Waals surface area contributed by atoms with Gasteiger partial charge in [-0.3, -0.25) is 4.79 Å². The van der Waals surface area contributed by atoms with E-state index >= 15 is 0 Å². The molecule has 4 heterocycles. The molecular formula is C17H17F3N6O2. The maximum Gasteiger partial charge on any atom is 0.436 e. The van der Waals surface area contributed by atoms with Crippen molar-refractivity contribution in [3.63, 3.8) is 0 Å². The number of alkyl halides is 3. The summed E-state index contributed by atoms with van der Waals surface area (Å²) in [4.78, 5) is 25.8. The number of aromatic amines is 1. The van der Waals surface area contributed by atoms with E-state index in [2.05, 4.69) is 34.8 Å². The van der Waals surface area contributed by atoms with E-state index < -0.39 is 23.5 Å². The summed E-state index contributed by atoms with van der Waals surface area (Å²) in [6.07, 6.45) is 0.341. The van der Waals surface area contributed by atoms with Gasteiger partial charge in [0, 0.05) is 31.9 Å². The standard InChI is InChI=1S/C17H17F3N6O2/c18-17(19,20)13-7-12(28-25-13)16(27)22-8-10-2-5-26(6-3-10)15-11-1-4-21-14(11)23-9-24-15/h1,4,7,9-10H,2-3,5-6,8H2,(H,22,27)(H,21,23,24). The summed E-state index contributed by atoms with van der Waals surface area (Å²) in [5.74, 6) is -0.0558. The first-order valence-electron chi connectivity index (χ1n) is 8.77. The SMILES string of the molecule is O=C(NCC1CCN(c2ncnc3[nH]ccc23)CC1)c1cc(C(F)(F)F)no1. The van der Waals surface area contributed by atoms with Crippen molar-refractivity contribution >= 4 is 22.8 Å². The molecule has 0 radical (unpaired) electrons. The molecule has 1 fully saturated rings. The van der Waals surface area contributed by atoms with Gasteiger partial charge in [-0.15, -0.1) is 0 Å². The Morgan fingerprint density at radius 2 is 2.11 bits per heavy atom. The van der Waals surface area contributed by atoms with Crippen LogP contribution >= 0.6 is 0 Å². The fourth-order valence-corrected chi connectivity index (χ4v) is 3.30. The highest BCUT2D eigenvalue weighted by Gasteiger charge is 2.36. The minimum atomic E-state index is -4.64. The van der Waals surface area contributed by atoms with Crippen molar-refractivity contribution in [3.05, 3.63) is 36.1 Å². The number of hydrogen-bond donors (Lipinski definition) is 2. The number of amides is 1. The number of aromatic nitrogens is 4. The van der Waals surface area contributed by atoms with Crippen molar-refractivity contribution in [1.29, 1.82) is 0 Å². The van der Waals surface area contributed by atoms with Gasteiger partial charge in [-0.25, -0.2) is 9.97 Å². The molecule has 4 rings (SSSR count). The first-order valence-corrected chi connectivity index (χ1v) is 8.77. The van der Waals surface area contributed by atoms with Gasteiger partial charge in [0.1, 0.15) is 17.8 Å². The highest BCUT2D eigenvalue weighted by Crippen LogP contribution is 2.29. The molecule has 0 aliphatic carbocycles. The molecule has 0 unspecified atom stereocenters. The second kappa shape index (κ2) is 7.13. The zero-order valence-electron chi connectivity index (χ0n) is 14.7. The predicted molar refractivity (Wildman–Crippen MR) is 92.7 cm³/mol. The Morgan fingerprint density at radius 1 is 1.32 bits per heavy atom. The minimum absolute atomic E-state index is 0.216. The van der Waals surface area contributed by atoms with Crippen LogP contribution in [-0.4, -0.2) is 45.7 Å². The molecule has 0 bridgehead atoms. The summed E-state index contributed by atoms with van der Waals surface area (Å²) >= 11 is 0. The molecule has 8 nitrogen and oxygen atoms in total. The lowest BCUT2D eigenvalue weighted by molar-refractivity contribution is -0.142. The van der Waals surface area contributed by atoms with Gasteiger partial charge in [0.2, 0.25) is 5.76 Å². The van der Waals surface area contributed by atoms with E-state index in [4.69, 9.17) is 0 Å². The van der Waals surface area contributed by atoms with Crippen molar-refractivity contribution < 1.29 is 22.5 Å². The molecular weight excluding hydrogens is 377 g/mol. The molecule has 11 heteroatoms. The third-order valence-corrected chi connectivity index (χ3v) is 4.82. The van der Waals surface area contributed by atoms with Crippen molar-refractivity contribution in [3.8, 4) is 0 Å². The molecule has 3 aromatic heterocycles. The van der Waals surface area contributed by atoms with E-state index in [0.29, 0.717) is 12.6 Å². The second-order valence-electron chi connectivity index (χ2n) is 6.65. The van der Waals surface area contributed by atoms with Crippen LogP contribution in [0.4, 0.5) is 19.0 Å². The molecule has 1 aliphatic rings. The van der Waals surface area contributed by atoms with Crippen LogP contribution in [0.15, 0.2) is 29.2 Å². The number of carbonyl (C=O) groups excluding carboxylic acids is 1. The molecule has 1 amide bonds. The molecule has 0 saturated carbocycles. The Morgan fingerprint density at radius 3 is 2.82 bits per heavy atom. The minimum Gasteiger partial charge on any atom is -0.356 e. The third kappa shape index (κ3) is 3.64. The summed E-state index contributed by atoms with van der Waals surface area (Å²) in [5, 5.41) is 6.47. The van der Waals surface area contributed by atoms with Gasteiger partial charge in [0.15, 0.2) is 5.69 Å². The first kappa shape index (κ1) is 18.3. The monoisotopic (exact) mass is 394 g/mol. The highest BCUT2D eigenvalue weighted by atomic mass is 19.4. The maximum atomic E-state index is 12.5. The van der Waals surface area contributed by atoms with E-state index in [1.165, 1.54) is 6.33 Å². The van der Waals surface area contributed by atoms with Gasteiger partial charge >= 0.3 is 6.18 Å². The highest BCUT2D eigenvalue weighted by molar-refractivity contribution is 5.91. The number of piperidine rings is 1. The molecule has 1 saturated heterocycles. The average molecular weight is 394 g/mol. The van der Waals surface area contributed by atoms with Crippen molar-refractivity contribution in [1.82, 2.24) is 25.4 Å². The number of anilines is 1. The number of nitrogens with zero attached hydrogens (tertiary/aromatic N) is 4. The van der Waals surface area contributed by atoms with Gasteiger partial charge in [0.05, 0.1) is 5.39 Å². The van der Waals surface area contributed by atoms with Crippen LogP contribution in [0.25, 0.3) is 11.0 Å². The third-order valence-electron chi connectivity index (χ3n) is 4.82. The molecule has 148 valence electrons. The maximum absolute atomic E-state index is 12.5. The van der Waals surface area contributed by atoms with Crippen LogP contribution in [0.3, 0.4) is 0 Å². The predicted octanol–water partition coefficient (Wildman–Crippen LogP) is 2.61. The van der Waals surface area contributed by atoms with Crippen LogP contribution in [-0.2, 0) is 6.18 Å². The summed E-state index contributed by atoms with van der Waals surface area (Å²) < 4.78 is 42.1. The Bertz CT molecular complexity index is 975. The van der Waals surface area contributed by atoms with Gasteiger partial charge in [-0.05, 0) is 24.8 Å². The lowest BCUT2D eigenvalue weighted by Crippen LogP contribution is -2.39. The van der Waals surface area contributed by atoms with Gasteiger partial charge < -0.3 is 19.7 Å². The van der Waals surface area contributed by atoms with E-state index in [-0.39, 0.29) is 5.92 Å². The van der Waals surface area contributed by atoms with Gasteiger partial charge in [-0.1, -0.05) is 5.16 Å². The number of fused-ring (bicyclic) bond motifs is 1. The number of hydrogen-bond acceptors (Lipinski definition) is 6. The number of nitrogens with one attached hydrogen (secondary N) is 2. The van der Waals surface area contributed by atoms with E-state index in [0.717, 1.165) is 42.8 Å². The lowest BCUT2D eigenvalue weighted by Gasteiger charge is -2.33. The van der Waals surface area contributed by atoms with Crippen LogP contribution in [0, 0.1) is 5.92 Å². The van der Waals surface area contributed by atoms with Crippen LogP contribution in [0.2, 0.25) is 0 Å². The Kier molecular flexibility index (Phi) is 4.65. The zero-order valence-corrected chi connectivity index (χ0v) is 14.7. The molecule has 0 atom stereocenters. The van der Waals surface area contributed by atoms with E-state index in [9.17, 15) is 18.0 Å². The summed E-state index contributed by atoms with van der Waals surface area (Å²) in [5.41, 5.74) is -0.434. The normalized spacial score (nSPS) is 15.9. The van der Waals surface area contributed by atoms with E-state index in [1.54, 1.807) is 0 Å². The summed E-state index contributed by atoms with van der Waals surface area (Å²) in [7, 11) is 0. The first-order chi connectivity index (χ1) is 13.4. The van der Waals surface area contributed by atoms with Gasteiger partial charge in [0.25, 0.3) is 5.91 Å². The molecule has 3 aromatic rings. The van der Waals surface area contributed by atoms with Crippen LogP contribution < -0.4 is 10.2 Å². The number of halogens is 3. The average Bonchev–Trinajstić information content (AvgIpc) is 3.35. The lowest BCUT2D eigenvalue weighted by atomic mass is 9.96. The molecule has 28 heavy (non-hydrogen) atoms. The second-order valence-corrected chi connectivity index (χ2v) is 6.65. The fraction of sp³-hybridized carbons (Fsp3) is 0.412. The largest absolute Gasteiger partial charge is 0.436 e. The number of H-pyrrole nitrogens is 1. The van der Waals surface area contributed by atoms with Gasteiger partial charge in [-0.2, -0.15) is 13.2 Å². The quantitative estimate of drug-likeness (QED) is 0.706. The zero-order chi connectivity index (χ0) is 19.7. The molecule has 2 N–H and O–H groups in total. The molecule has 1 aliphatic heterocycles. The molecule has 0 spiro atoms. The summed E-state index contributed by atoms with van der Waals surface area (Å²) in [6.45, 7) is 1.88. The summed E-state index contributed by atoms with van der Waals surface area (Å²) in [6, 6.07) is 2.54.